The minimum absolute atomic E-state index is 0.0903. The summed E-state index contributed by atoms with van der Waals surface area (Å²) in [6, 6.07) is 11.5. The lowest BCUT2D eigenvalue weighted by Crippen LogP contribution is -2.06. The molecule has 2 rings (SSSR count). The summed E-state index contributed by atoms with van der Waals surface area (Å²) < 4.78 is 0. The Labute approximate surface area is 135 Å². The maximum absolute atomic E-state index is 10.7. The van der Waals surface area contributed by atoms with Gasteiger partial charge in [0, 0.05) is 30.9 Å². The van der Waals surface area contributed by atoms with Gasteiger partial charge in [0.15, 0.2) is 0 Å². The van der Waals surface area contributed by atoms with Gasteiger partial charge < -0.3 is 15.4 Å². The highest BCUT2D eigenvalue weighted by Gasteiger charge is 1.98. The monoisotopic (exact) mass is 314 g/mol. The molecule has 3 N–H and O–H groups in total. The molecule has 0 aliphatic rings. The molecule has 5 nitrogen and oxygen atoms in total. The van der Waals surface area contributed by atoms with Crippen LogP contribution in [0.5, 0.6) is 0 Å². The van der Waals surface area contributed by atoms with E-state index in [1.54, 1.807) is 18.3 Å². The smallest absolute Gasteiger partial charge is 0.303 e. The SMILES string of the molecule is C=Cc1ccc[nH]c1=O.CNc1ccc(CCCC(=O)O)cc1. The molecule has 0 spiro atoms. The number of benzene rings is 1. The van der Waals surface area contributed by atoms with Crippen molar-refractivity contribution in [2.24, 2.45) is 0 Å². The van der Waals surface area contributed by atoms with Crippen molar-refractivity contribution < 1.29 is 9.90 Å². The molecular formula is C18H22N2O3. The third kappa shape index (κ3) is 7.13. The van der Waals surface area contributed by atoms with Gasteiger partial charge in [-0.05, 0) is 42.7 Å². The van der Waals surface area contributed by atoms with E-state index in [9.17, 15) is 9.59 Å². The third-order valence-corrected chi connectivity index (χ3v) is 3.17. The van der Waals surface area contributed by atoms with Crippen LogP contribution >= 0.6 is 0 Å². The van der Waals surface area contributed by atoms with Gasteiger partial charge in [0.25, 0.3) is 5.56 Å². The highest BCUT2D eigenvalue weighted by Crippen LogP contribution is 2.10. The molecule has 5 heteroatoms. The summed E-state index contributed by atoms with van der Waals surface area (Å²) in [6.07, 6.45) is 4.90. The number of carboxylic acids is 1. The van der Waals surface area contributed by atoms with E-state index < -0.39 is 5.97 Å². The normalized spacial score (nSPS) is 9.43. The molecule has 0 fully saturated rings. The van der Waals surface area contributed by atoms with Gasteiger partial charge >= 0.3 is 5.97 Å². The van der Waals surface area contributed by atoms with Gasteiger partial charge in [-0.15, -0.1) is 0 Å². The zero-order valence-corrected chi connectivity index (χ0v) is 13.2. The molecule has 0 aliphatic carbocycles. The number of aromatic amines is 1. The van der Waals surface area contributed by atoms with Crippen LogP contribution in [0.15, 0.2) is 54.0 Å². The molecule has 0 atom stereocenters. The largest absolute Gasteiger partial charge is 0.481 e. The Morgan fingerprint density at radius 3 is 2.48 bits per heavy atom. The zero-order chi connectivity index (χ0) is 17.1. The second-order valence-corrected chi connectivity index (χ2v) is 4.85. The maximum atomic E-state index is 10.7. The predicted octanol–water partition coefficient (Wildman–Crippen LogP) is 3.15. The Morgan fingerprint density at radius 1 is 1.30 bits per heavy atom. The van der Waals surface area contributed by atoms with E-state index in [1.165, 1.54) is 11.6 Å². The van der Waals surface area contributed by atoms with Crippen molar-refractivity contribution in [3.8, 4) is 0 Å². The number of aliphatic carboxylic acids is 1. The molecule has 23 heavy (non-hydrogen) atoms. The van der Waals surface area contributed by atoms with Crippen molar-refractivity contribution in [1.82, 2.24) is 4.98 Å². The Bertz CT molecular complexity index is 675. The molecule has 0 radical (unpaired) electrons. The minimum Gasteiger partial charge on any atom is -0.481 e. The molecule has 0 amide bonds. The number of anilines is 1. The Balaban J connectivity index is 0.000000253. The van der Waals surface area contributed by atoms with E-state index in [4.69, 9.17) is 5.11 Å². The Hall–Kier alpha value is -2.82. The van der Waals surface area contributed by atoms with Crippen LogP contribution in [0.4, 0.5) is 5.69 Å². The fourth-order valence-electron chi connectivity index (χ4n) is 1.88. The first-order chi connectivity index (χ1) is 11.1. The summed E-state index contributed by atoms with van der Waals surface area (Å²) in [5, 5.41) is 11.5. The van der Waals surface area contributed by atoms with Gasteiger partial charge in [0.1, 0.15) is 0 Å². The van der Waals surface area contributed by atoms with Gasteiger partial charge in [-0.25, -0.2) is 0 Å². The fraction of sp³-hybridized carbons (Fsp3) is 0.222. The topological polar surface area (TPSA) is 82.2 Å². The first-order valence-electron chi connectivity index (χ1n) is 7.35. The van der Waals surface area contributed by atoms with Crippen molar-refractivity contribution in [1.29, 1.82) is 0 Å². The quantitative estimate of drug-likeness (QED) is 0.765. The van der Waals surface area contributed by atoms with E-state index in [2.05, 4.69) is 16.9 Å². The van der Waals surface area contributed by atoms with Gasteiger partial charge in [-0.3, -0.25) is 9.59 Å². The van der Waals surface area contributed by atoms with E-state index in [1.807, 2.05) is 31.3 Å². The summed E-state index contributed by atoms with van der Waals surface area (Å²) >= 11 is 0. The van der Waals surface area contributed by atoms with Crippen molar-refractivity contribution in [2.45, 2.75) is 19.3 Å². The van der Waals surface area contributed by atoms with Crippen LogP contribution in [-0.2, 0) is 11.2 Å². The average molecular weight is 314 g/mol. The highest BCUT2D eigenvalue weighted by molar-refractivity contribution is 5.66. The van der Waals surface area contributed by atoms with Crippen LogP contribution in [0.25, 0.3) is 6.08 Å². The fourth-order valence-corrected chi connectivity index (χ4v) is 1.88. The zero-order valence-electron chi connectivity index (χ0n) is 13.2. The van der Waals surface area contributed by atoms with Crippen LogP contribution in [0, 0.1) is 0 Å². The van der Waals surface area contributed by atoms with Gasteiger partial charge in [0.2, 0.25) is 0 Å². The summed E-state index contributed by atoms with van der Waals surface area (Å²) in [5.74, 6) is -0.725. The summed E-state index contributed by atoms with van der Waals surface area (Å²) in [6.45, 7) is 3.47. The number of rotatable bonds is 6. The maximum Gasteiger partial charge on any atom is 0.303 e. The van der Waals surface area contributed by atoms with Crippen molar-refractivity contribution in [3.05, 3.63) is 70.7 Å². The lowest BCUT2D eigenvalue weighted by Gasteiger charge is -2.02. The molecule has 1 aromatic carbocycles. The van der Waals surface area contributed by atoms with E-state index in [0.717, 1.165) is 12.1 Å². The molecule has 0 unspecified atom stereocenters. The average Bonchev–Trinajstić information content (AvgIpc) is 2.56. The molecule has 0 saturated carbocycles. The van der Waals surface area contributed by atoms with Crippen molar-refractivity contribution >= 4 is 17.7 Å². The number of hydrogen-bond donors (Lipinski definition) is 3. The second kappa shape index (κ2) is 10.00. The molecule has 1 aromatic heterocycles. The van der Waals surface area contributed by atoms with Gasteiger partial charge in [-0.1, -0.05) is 24.8 Å². The number of carbonyl (C=O) groups is 1. The number of H-pyrrole nitrogens is 1. The predicted molar refractivity (Wildman–Crippen MR) is 93.7 cm³/mol. The first kappa shape index (κ1) is 18.2. The van der Waals surface area contributed by atoms with Crippen molar-refractivity contribution in [2.75, 3.05) is 12.4 Å². The number of hydrogen-bond acceptors (Lipinski definition) is 3. The standard InChI is InChI=1S/C11H15NO2.C7H7NO/c1-12-10-7-5-9(6-8-10)3-2-4-11(13)14;1-2-6-4-3-5-8-7(6)9/h5-8,12H,2-4H2,1H3,(H,13,14);2-5H,1H2,(H,8,9). The van der Waals surface area contributed by atoms with Crippen LogP contribution < -0.4 is 10.9 Å². The summed E-state index contributed by atoms with van der Waals surface area (Å²) in [7, 11) is 1.87. The summed E-state index contributed by atoms with van der Waals surface area (Å²) in [4.78, 5) is 23.5. The van der Waals surface area contributed by atoms with Crippen LogP contribution in [0.2, 0.25) is 0 Å². The summed E-state index contributed by atoms with van der Waals surface area (Å²) in [5.41, 5.74) is 2.78. The second-order valence-electron chi connectivity index (χ2n) is 4.85. The molecule has 0 bridgehead atoms. The van der Waals surface area contributed by atoms with Crippen LogP contribution in [-0.4, -0.2) is 23.1 Å². The molecular weight excluding hydrogens is 292 g/mol. The van der Waals surface area contributed by atoms with Crippen molar-refractivity contribution in [3.63, 3.8) is 0 Å². The molecule has 0 saturated heterocycles. The number of aromatic nitrogens is 1. The number of pyridine rings is 1. The van der Waals surface area contributed by atoms with Crippen LogP contribution in [0.1, 0.15) is 24.0 Å². The Morgan fingerprint density at radius 2 is 2.00 bits per heavy atom. The van der Waals surface area contributed by atoms with Gasteiger partial charge in [-0.2, -0.15) is 0 Å². The highest BCUT2D eigenvalue weighted by atomic mass is 16.4. The molecule has 1 heterocycles. The molecule has 0 aliphatic heterocycles. The number of aryl methyl sites for hydroxylation is 1. The number of carboxylic acid groups (broad SMARTS) is 1. The number of nitrogens with one attached hydrogen (secondary N) is 2. The van der Waals surface area contributed by atoms with Gasteiger partial charge in [0.05, 0.1) is 0 Å². The molecule has 122 valence electrons. The Kier molecular flexibility index (Phi) is 7.92. The van der Waals surface area contributed by atoms with E-state index >= 15 is 0 Å². The first-order valence-corrected chi connectivity index (χ1v) is 7.35. The minimum atomic E-state index is -0.725. The van der Waals surface area contributed by atoms with Crippen LogP contribution in [0.3, 0.4) is 0 Å². The lowest BCUT2D eigenvalue weighted by molar-refractivity contribution is -0.137. The third-order valence-electron chi connectivity index (χ3n) is 3.17. The molecule has 2 aromatic rings. The van der Waals surface area contributed by atoms with E-state index in [-0.39, 0.29) is 12.0 Å². The van der Waals surface area contributed by atoms with E-state index in [0.29, 0.717) is 12.0 Å². The lowest BCUT2D eigenvalue weighted by atomic mass is 10.1.